The Balaban J connectivity index is 1.15. The van der Waals surface area contributed by atoms with Crippen LogP contribution >= 0.6 is 23.4 Å². The molecule has 0 aliphatic carbocycles. The van der Waals surface area contributed by atoms with Gasteiger partial charge in [-0.2, -0.15) is 0 Å². The minimum Gasteiger partial charge on any atom is -0.380 e. The predicted octanol–water partition coefficient (Wildman–Crippen LogP) is -0.296. The lowest BCUT2D eigenvalue weighted by Gasteiger charge is -2.45. The van der Waals surface area contributed by atoms with Gasteiger partial charge in [-0.25, -0.2) is 10.4 Å². The van der Waals surface area contributed by atoms with E-state index in [-0.39, 0.29) is 58.8 Å². The molecular formula is C24H42ClN7O3S. The van der Waals surface area contributed by atoms with Crippen LogP contribution in [-0.4, -0.2) is 109 Å². The quantitative estimate of drug-likeness (QED) is 0.228. The third-order valence-electron chi connectivity index (χ3n) is 8.75. The summed E-state index contributed by atoms with van der Waals surface area (Å²) in [4.78, 5) is 28.5. The van der Waals surface area contributed by atoms with Crippen LogP contribution in [0.4, 0.5) is 0 Å². The monoisotopic (exact) mass is 543 g/mol. The lowest BCUT2D eigenvalue weighted by atomic mass is 9.70. The molecule has 10 unspecified atom stereocenters. The van der Waals surface area contributed by atoms with Crippen LogP contribution < -0.4 is 26.7 Å². The Kier molecular flexibility index (Phi) is 8.68. The third kappa shape index (κ3) is 5.68. The van der Waals surface area contributed by atoms with E-state index in [2.05, 4.69) is 45.5 Å². The molecule has 0 aromatic carbocycles. The first-order chi connectivity index (χ1) is 17.4. The average molecular weight is 544 g/mol. The van der Waals surface area contributed by atoms with E-state index in [1.807, 2.05) is 4.90 Å². The van der Waals surface area contributed by atoms with Crippen molar-refractivity contribution in [2.24, 2.45) is 17.8 Å². The summed E-state index contributed by atoms with van der Waals surface area (Å²) in [5, 5.41) is 16.1. The molecule has 36 heavy (non-hydrogen) atoms. The van der Waals surface area contributed by atoms with Gasteiger partial charge in [-0.15, -0.1) is 23.4 Å². The van der Waals surface area contributed by atoms with Gasteiger partial charge in [0.05, 0.1) is 17.5 Å². The predicted molar refractivity (Wildman–Crippen MR) is 141 cm³/mol. The number of fused-ring (bicyclic) bond motifs is 1. The molecule has 0 spiro atoms. The van der Waals surface area contributed by atoms with Gasteiger partial charge in [0.1, 0.15) is 11.5 Å². The van der Waals surface area contributed by atoms with E-state index in [4.69, 9.17) is 16.3 Å². The van der Waals surface area contributed by atoms with E-state index in [0.29, 0.717) is 30.9 Å². The van der Waals surface area contributed by atoms with E-state index in [0.717, 1.165) is 38.9 Å². The molecule has 5 N–H and O–H groups in total. The van der Waals surface area contributed by atoms with Crippen molar-refractivity contribution in [3.63, 3.8) is 0 Å². The summed E-state index contributed by atoms with van der Waals surface area (Å²) in [5.74, 6) is 0.624. The molecule has 10 nitrogen and oxygen atoms in total. The van der Waals surface area contributed by atoms with Crippen molar-refractivity contribution in [3.8, 4) is 0 Å². The number of nitrogens with zero attached hydrogens (tertiary/aromatic N) is 2. The maximum atomic E-state index is 13.5. The van der Waals surface area contributed by atoms with Crippen molar-refractivity contribution in [2.75, 3.05) is 46.4 Å². The minimum atomic E-state index is -0.128. The summed E-state index contributed by atoms with van der Waals surface area (Å²) in [7, 11) is 1.75. The molecule has 5 heterocycles. The molecule has 0 bridgehead atoms. The van der Waals surface area contributed by atoms with Crippen LogP contribution in [0.25, 0.3) is 0 Å². The Hall–Kier alpha value is -0.660. The highest BCUT2D eigenvalue weighted by molar-refractivity contribution is 8.00. The number of carbonyl (C=O) groups is 2. The number of rotatable bonds is 6. The molecule has 12 heteroatoms. The number of likely N-dealkylation sites (tertiary alicyclic amines) is 1. The highest BCUT2D eigenvalue weighted by Crippen LogP contribution is 2.38. The van der Waals surface area contributed by atoms with Crippen LogP contribution in [0.3, 0.4) is 0 Å². The number of ether oxygens (including phenoxy) is 1. The highest BCUT2D eigenvalue weighted by atomic mass is 35.5. The first-order valence-electron chi connectivity index (χ1n) is 13.5. The summed E-state index contributed by atoms with van der Waals surface area (Å²) in [5.41, 5.74) is 3.12. The largest absolute Gasteiger partial charge is 0.380 e. The van der Waals surface area contributed by atoms with Crippen molar-refractivity contribution in [2.45, 2.75) is 73.6 Å². The number of carbonyl (C=O) groups excluding carboxylic acids is 2. The normalized spacial score (nSPS) is 43.5. The fourth-order valence-electron chi connectivity index (χ4n) is 6.73. The van der Waals surface area contributed by atoms with E-state index in [1.165, 1.54) is 0 Å². The van der Waals surface area contributed by atoms with Gasteiger partial charge in [0.15, 0.2) is 0 Å². The number of hydrogen-bond donors (Lipinski definition) is 5. The van der Waals surface area contributed by atoms with E-state index >= 15 is 0 Å². The summed E-state index contributed by atoms with van der Waals surface area (Å²) >= 11 is 8.21. The molecule has 5 aliphatic heterocycles. The number of halogens is 1. The number of piperidine rings is 2. The Morgan fingerprint density at radius 1 is 1.17 bits per heavy atom. The van der Waals surface area contributed by atoms with Crippen LogP contribution in [0.15, 0.2) is 0 Å². The second-order valence-electron chi connectivity index (χ2n) is 11.0. The van der Waals surface area contributed by atoms with Crippen LogP contribution in [0, 0.1) is 17.8 Å². The Morgan fingerprint density at radius 3 is 2.72 bits per heavy atom. The zero-order valence-corrected chi connectivity index (χ0v) is 23.1. The number of methoxy groups -OCH3 is 1. The fourth-order valence-corrected chi connectivity index (χ4v) is 8.43. The summed E-state index contributed by atoms with van der Waals surface area (Å²) in [6.07, 6.45) is 2.66. The fraction of sp³-hybridized carbons (Fsp3) is 0.917. The maximum Gasteiger partial charge on any atom is 0.241 e. The lowest BCUT2D eigenvalue weighted by molar-refractivity contribution is -0.133. The molecule has 204 valence electrons. The SMILES string of the molecule is CCN1CCC(C(=O)N2CC3NC(NC(=O)C4CNC(C)CC4C4CC(Cl)NCC4OC)SC3C2)N1. The highest BCUT2D eigenvalue weighted by Gasteiger charge is 2.47. The van der Waals surface area contributed by atoms with Crippen LogP contribution in [0.2, 0.25) is 0 Å². The molecule has 0 aromatic rings. The molecular weight excluding hydrogens is 502 g/mol. The van der Waals surface area contributed by atoms with Gasteiger partial charge in [-0.3, -0.25) is 20.2 Å². The second-order valence-corrected chi connectivity index (χ2v) is 12.9. The zero-order valence-electron chi connectivity index (χ0n) is 21.5. The second kappa shape index (κ2) is 11.6. The number of hydrogen-bond acceptors (Lipinski definition) is 9. The van der Waals surface area contributed by atoms with Crippen molar-refractivity contribution in [1.82, 2.24) is 36.6 Å². The van der Waals surface area contributed by atoms with Gasteiger partial charge < -0.3 is 20.3 Å². The first-order valence-corrected chi connectivity index (χ1v) is 14.9. The van der Waals surface area contributed by atoms with Crippen LogP contribution in [-0.2, 0) is 14.3 Å². The Morgan fingerprint density at radius 2 is 2.00 bits per heavy atom. The van der Waals surface area contributed by atoms with Crippen molar-refractivity contribution in [3.05, 3.63) is 0 Å². The number of nitrogens with one attached hydrogen (secondary N) is 5. The standard InChI is InChI=1S/C24H42ClN7O3S/c1-4-32-6-5-17(30-32)23(34)31-11-18-20(12-31)36-24(28-18)29-22(33)16-9-26-13(2)7-14(16)15-8-21(25)27-10-19(15)35-3/h13-21,24,26-28,30H,4-12H2,1-3H3,(H,29,33). The zero-order chi connectivity index (χ0) is 25.4. The molecule has 10 atom stereocenters. The number of alkyl halides is 1. The van der Waals surface area contributed by atoms with E-state index < -0.39 is 0 Å². The first kappa shape index (κ1) is 26.9. The minimum absolute atomic E-state index is 0.0613. The van der Waals surface area contributed by atoms with Crippen LogP contribution in [0.5, 0.6) is 0 Å². The smallest absolute Gasteiger partial charge is 0.241 e. The van der Waals surface area contributed by atoms with Crippen molar-refractivity contribution < 1.29 is 14.3 Å². The van der Waals surface area contributed by atoms with Crippen molar-refractivity contribution >= 4 is 35.2 Å². The molecule has 5 rings (SSSR count). The van der Waals surface area contributed by atoms with Gasteiger partial charge in [0.25, 0.3) is 0 Å². The van der Waals surface area contributed by atoms with Crippen LogP contribution in [0.1, 0.15) is 33.1 Å². The number of amides is 2. The molecule has 2 amide bonds. The van der Waals surface area contributed by atoms with E-state index in [9.17, 15) is 9.59 Å². The molecule has 0 saturated carbocycles. The van der Waals surface area contributed by atoms with Gasteiger partial charge in [-0.1, -0.05) is 6.92 Å². The third-order valence-corrected chi connectivity index (χ3v) is 10.4. The van der Waals surface area contributed by atoms with Crippen molar-refractivity contribution in [1.29, 1.82) is 0 Å². The van der Waals surface area contributed by atoms with E-state index in [1.54, 1.807) is 18.9 Å². The lowest BCUT2D eigenvalue weighted by Crippen LogP contribution is -2.57. The number of thioether (sulfide) groups is 1. The Bertz CT molecular complexity index is 798. The summed E-state index contributed by atoms with van der Waals surface area (Å²) < 4.78 is 5.80. The van der Waals surface area contributed by atoms with Gasteiger partial charge in [0, 0.05) is 63.7 Å². The topological polar surface area (TPSA) is 110 Å². The summed E-state index contributed by atoms with van der Waals surface area (Å²) in [6, 6.07) is 0.453. The van der Waals surface area contributed by atoms with Gasteiger partial charge in [-0.05, 0) is 38.0 Å². The van der Waals surface area contributed by atoms with Gasteiger partial charge >= 0.3 is 0 Å². The van der Waals surface area contributed by atoms with Gasteiger partial charge in [0.2, 0.25) is 11.8 Å². The number of hydrazine groups is 1. The molecule has 5 saturated heterocycles. The summed E-state index contributed by atoms with van der Waals surface area (Å²) in [6.45, 7) is 8.90. The molecule has 5 aliphatic rings. The molecule has 0 aromatic heterocycles. The average Bonchev–Trinajstić information content (AvgIpc) is 3.58. The maximum absolute atomic E-state index is 13.5. The molecule has 0 radical (unpaired) electrons. The Labute approximate surface area is 223 Å². The molecule has 5 fully saturated rings.